The van der Waals surface area contributed by atoms with Gasteiger partial charge in [0.2, 0.25) is 11.8 Å². The molecule has 38 heavy (non-hydrogen) atoms. The summed E-state index contributed by atoms with van der Waals surface area (Å²) in [4.78, 5) is 40.4. The van der Waals surface area contributed by atoms with Gasteiger partial charge in [-0.05, 0) is 30.4 Å². The van der Waals surface area contributed by atoms with E-state index in [0.29, 0.717) is 38.0 Å². The SMILES string of the molecule is O=C1CCCC=CCC(CC(=O)N(CCO)Cc2ccccc2)C(=O)NC(CSCc2ccccc2)CO1. The Morgan fingerprint density at radius 2 is 1.74 bits per heavy atom. The lowest BCUT2D eigenvalue weighted by Gasteiger charge is -2.26. The van der Waals surface area contributed by atoms with Gasteiger partial charge in [-0.25, -0.2) is 0 Å². The minimum absolute atomic E-state index is 0.0344. The van der Waals surface area contributed by atoms with Crippen molar-refractivity contribution < 1.29 is 24.2 Å². The zero-order valence-corrected chi connectivity index (χ0v) is 22.6. The van der Waals surface area contributed by atoms with Crippen molar-refractivity contribution >= 4 is 29.5 Å². The maximum absolute atomic E-state index is 13.4. The van der Waals surface area contributed by atoms with Crippen molar-refractivity contribution in [3.05, 3.63) is 83.9 Å². The standard InChI is InChI=1S/C30H38N2O5S/c33-18-17-32(20-24-11-5-3-6-12-24)28(34)19-26-15-9-1-2-10-16-29(35)37-21-27(31-30(26)36)23-38-22-25-13-7-4-8-14-25/h1,3-9,11-14,26-27,33H,2,10,15-23H2,(H,31,36). The summed E-state index contributed by atoms with van der Waals surface area (Å²) in [6.45, 7) is 0.526. The average molecular weight is 539 g/mol. The summed E-state index contributed by atoms with van der Waals surface area (Å²) in [5, 5.41) is 12.6. The number of amides is 2. The molecule has 0 radical (unpaired) electrons. The lowest BCUT2D eigenvalue weighted by Crippen LogP contribution is -2.45. The molecule has 8 heteroatoms. The largest absolute Gasteiger partial charge is 0.463 e. The number of cyclic esters (lactones) is 1. The summed E-state index contributed by atoms with van der Waals surface area (Å²) >= 11 is 1.66. The van der Waals surface area contributed by atoms with Gasteiger partial charge >= 0.3 is 5.97 Å². The van der Waals surface area contributed by atoms with E-state index in [-0.39, 0.29) is 50.0 Å². The van der Waals surface area contributed by atoms with Crippen LogP contribution in [0.1, 0.15) is 43.2 Å². The molecule has 2 N–H and O–H groups in total. The highest BCUT2D eigenvalue weighted by Gasteiger charge is 2.26. The second-order valence-corrected chi connectivity index (χ2v) is 10.4. The van der Waals surface area contributed by atoms with Crippen LogP contribution in [0.25, 0.3) is 0 Å². The van der Waals surface area contributed by atoms with Crippen molar-refractivity contribution in [2.24, 2.45) is 5.92 Å². The number of allylic oxidation sites excluding steroid dienone is 2. The van der Waals surface area contributed by atoms with E-state index in [4.69, 9.17) is 4.74 Å². The number of esters is 1. The van der Waals surface area contributed by atoms with Crippen molar-refractivity contribution in [3.8, 4) is 0 Å². The first-order valence-electron chi connectivity index (χ1n) is 13.2. The maximum Gasteiger partial charge on any atom is 0.305 e. The van der Waals surface area contributed by atoms with Gasteiger partial charge in [0, 0.05) is 37.4 Å². The smallest absolute Gasteiger partial charge is 0.305 e. The molecule has 1 aliphatic heterocycles. The van der Waals surface area contributed by atoms with E-state index in [0.717, 1.165) is 11.3 Å². The number of benzene rings is 2. The number of hydrogen-bond donors (Lipinski definition) is 2. The Balaban J connectivity index is 1.67. The number of nitrogens with zero attached hydrogens (tertiary/aromatic N) is 1. The number of carbonyl (C=O) groups excluding carboxylic acids is 3. The fraction of sp³-hybridized carbons (Fsp3) is 0.433. The van der Waals surface area contributed by atoms with Gasteiger partial charge in [0.1, 0.15) is 6.61 Å². The predicted octanol–water partition coefficient (Wildman–Crippen LogP) is 4.11. The Bertz CT molecular complexity index is 1030. The number of aliphatic hydroxyl groups is 1. The van der Waals surface area contributed by atoms with Crippen LogP contribution in [0.3, 0.4) is 0 Å². The summed E-state index contributed by atoms with van der Waals surface area (Å²) in [5.41, 5.74) is 2.15. The lowest BCUT2D eigenvalue weighted by atomic mass is 9.98. The summed E-state index contributed by atoms with van der Waals surface area (Å²) in [5.74, 6) is 0.122. The number of aliphatic hydroxyl groups excluding tert-OH is 1. The predicted molar refractivity (Wildman–Crippen MR) is 150 cm³/mol. The fourth-order valence-corrected chi connectivity index (χ4v) is 5.20. The number of rotatable bonds is 10. The van der Waals surface area contributed by atoms with Gasteiger partial charge in [-0.1, -0.05) is 72.8 Å². The van der Waals surface area contributed by atoms with E-state index in [1.807, 2.05) is 60.7 Å². The summed E-state index contributed by atoms with van der Waals surface area (Å²) in [6.07, 6.45) is 6.06. The lowest BCUT2D eigenvalue weighted by molar-refractivity contribution is -0.145. The molecule has 7 nitrogen and oxygen atoms in total. The number of thioether (sulfide) groups is 1. The van der Waals surface area contributed by atoms with Crippen LogP contribution in [-0.4, -0.2) is 59.3 Å². The first kappa shape index (κ1) is 29.5. The summed E-state index contributed by atoms with van der Waals surface area (Å²) in [7, 11) is 0. The zero-order chi connectivity index (χ0) is 27.0. The first-order chi connectivity index (χ1) is 18.5. The van der Waals surface area contributed by atoms with Crippen molar-refractivity contribution in [1.82, 2.24) is 10.2 Å². The third kappa shape index (κ3) is 10.7. The van der Waals surface area contributed by atoms with Crippen molar-refractivity contribution in [2.75, 3.05) is 25.5 Å². The average Bonchev–Trinajstić information content (AvgIpc) is 2.94. The highest BCUT2D eigenvalue weighted by atomic mass is 32.2. The van der Waals surface area contributed by atoms with Gasteiger partial charge in [0.25, 0.3) is 0 Å². The second-order valence-electron chi connectivity index (χ2n) is 9.41. The van der Waals surface area contributed by atoms with Crippen LogP contribution >= 0.6 is 11.8 Å². The zero-order valence-electron chi connectivity index (χ0n) is 21.8. The van der Waals surface area contributed by atoms with Crippen LogP contribution < -0.4 is 5.32 Å². The Labute approximate surface area is 229 Å². The molecule has 0 saturated heterocycles. The molecule has 2 aromatic rings. The van der Waals surface area contributed by atoms with E-state index in [1.54, 1.807) is 16.7 Å². The van der Waals surface area contributed by atoms with E-state index in [1.165, 1.54) is 5.56 Å². The van der Waals surface area contributed by atoms with Gasteiger partial charge in [0.05, 0.1) is 18.6 Å². The molecule has 1 heterocycles. The van der Waals surface area contributed by atoms with Gasteiger partial charge in [0.15, 0.2) is 0 Å². The quantitative estimate of drug-likeness (QED) is 0.349. The van der Waals surface area contributed by atoms with Crippen LogP contribution in [0.15, 0.2) is 72.8 Å². The van der Waals surface area contributed by atoms with Crippen LogP contribution in [0.2, 0.25) is 0 Å². The fourth-order valence-electron chi connectivity index (χ4n) is 4.19. The van der Waals surface area contributed by atoms with Crippen LogP contribution in [0.4, 0.5) is 0 Å². The molecule has 2 unspecified atom stereocenters. The minimum Gasteiger partial charge on any atom is -0.463 e. The molecule has 0 spiro atoms. The molecule has 204 valence electrons. The minimum atomic E-state index is -0.561. The highest BCUT2D eigenvalue weighted by Crippen LogP contribution is 2.18. The molecule has 3 rings (SSSR count). The van der Waals surface area contributed by atoms with Crippen LogP contribution in [-0.2, 0) is 31.4 Å². The number of nitrogens with one attached hydrogen (secondary N) is 1. The highest BCUT2D eigenvalue weighted by molar-refractivity contribution is 7.98. The normalized spacial score (nSPS) is 18.9. The monoisotopic (exact) mass is 538 g/mol. The van der Waals surface area contributed by atoms with Gasteiger partial charge in [-0.3, -0.25) is 14.4 Å². The molecular formula is C30H38N2O5S. The van der Waals surface area contributed by atoms with E-state index >= 15 is 0 Å². The Morgan fingerprint density at radius 1 is 1.03 bits per heavy atom. The molecule has 2 aromatic carbocycles. The van der Waals surface area contributed by atoms with E-state index < -0.39 is 5.92 Å². The second kappa shape index (κ2) is 16.7. The van der Waals surface area contributed by atoms with Crippen LogP contribution in [0.5, 0.6) is 0 Å². The maximum atomic E-state index is 13.4. The molecule has 2 amide bonds. The van der Waals surface area contributed by atoms with Crippen molar-refractivity contribution in [2.45, 2.75) is 50.4 Å². The molecule has 0 fully saturated rings. The van der Waals surface area contributed by atoms with Gasteiger partial charge < -0.3 is 20.1 Å². The molecule has 1 aliphatic rings. The molecule has 0 aromatic heterocycles. The first-order valence-corrected chi connectivity index (χ1v) is 14.4. The van der Waals surface area contributed by atoms with Gasteiger partial charge in [-0.15, -0.1) is 0 Å². The Morgan fingerprint density at radius 3 is 2.45 bits per heavy atom. The van der Waals surface area contributed by atoms with Crippen molar-refractivity contribution in [3.63, 3.8) is 0 Å². The van der Waals surface area contributed by atoms with Crippen molar-refractivity contribution in [1.29, 1.82) is 0 Å². The third-order valence-corrected chi connectivity index (χ3v) is 7.47. The number of ether oxygens (including phenoxy) is 1. The Hall–Kier alpha value is -3.10. The molecule has 2 atom stereocenters. The summed E-state index contributed by atoms with van der Waals surface area (Å²) in [6, 6.07) is 19.3. The van der Waals surface area contributed by atoms with E-state index in [9.17, 15) is 19.5 Å². The number of hydrogen-bond acceptors (Lipinski definition) is 6. The topological polar surface area (TPSA) is 95.9 Å². The van der Waals surface area contributed by atoms with E-state index in [2.05, 4.69) is 17.4 Å². The number of carbonyl (C=O) groups is 3. The van der Waals surface area contributed by atoms with Gasteiger partial charge in [-0.2, -0.15) is 11.8 Å². The molecule has 0 bridgehead atoms. The molecule has 0 saturated carbocycles. The molecule has 0 aliphatic carbocycles. The third-order valence-electron chi connectivity index (χ3n) is 6.29. The van der Waals surface area contributed by atoms with Crippen LogP contribution in [0, 0.1) is 5.92 Å². The Kier molecular flexibility index (Phi) is 12.9. The molecular weight excluding hydrogens is 500 g/mol. The summed E-state index contributed by atoms with van der Waals surface area (Å²) < 4.78 is 5.48.